The van der Waals surface area contributed by atoms with Gasteiger partial charge in [-0.05, 0) is 54.5 Å². The van der Waals surface area contributed by atoms with Crippen LogP contribution < -0.4 is 0 Å². The molecular weight excluding hydrogens is 536 g/mol. The Bertz CT molecular complexity index is 1280. The van der Waals surface area contributed by atoms with Gasteiger partial charge in [-0.1, -0.05) is 31.4 Å². The van der Waals surface area contributed by atoms with Gasteiger partial charge in [0.2, 0.25) is 0 Å². The lowest BCUT2D eigenvalue weighted by Gasteiger charge is -2.42. The number of ether oxygens (including phenoxy) is 4. The van der Waals surface area contributed by atoms with Gasteiger partial charge in [0.1, 0.15) is 24.4 Å². The normalized spacial score (nSPS) is 37.0. The zero-order valence-corrected chi connectivity index (χ0v) is 22.3. The highest BCUT2D eigenvalue weighted by Gasteiger charge is 2.55. The van der Waals surface area contributed by atoms with Crippen LogP contribution in [0.4, 0.5) is 0 Å². The zero-order valence-electron chi connectivity index (χ0n) is 22.3. The molecule has 5 rings (SSSR count). The molecule has 4 fully saturated rings. The van der Waals surface area contributed by atoms with Gasteiger partial charge in [-0.25, -0.2) is 9.59 Å². The van der Waals surface area contributed by atoms with Crippen molar-refractivity contribution in [3.63, 3.8) is 0 Å². The van der Waals surface area contributed by atoms with Crippen LogP contribution in [0.25, 0.3) is 6.08 Å². The smallest absolute Gasteiger partial charge is 0.334 e. The molecule has 2 heterocycles. The Labute approximate surface area is 236 Å². The first-order valence-electron chi connectivity index (χ1n) is 13.4. The third-order valence-corrected chi connectivity index (χ3v) is 8.53. The second-order valence-corrected chi connectivity index (χ2v) is 11.0. The highest BCUT2D eigenvalue weighted by atomic mass is 16.7. The van der Waals surface area contributed by atoms with Crippen molar-refractivity contribution < 1.29 is 54.1 Å². The molecule has 1 aromatic rings. The topological polar surface area (TPSA) is 172 Å². The van der Waals surface area contributed by atoms with Crippen LogP contribution in [0, 0.1) is 17.8 Å². The van der Waals surface area contributed by atoms with Crippen LogP contribution in [0.15, 0.2) is 60.7 Å². The molecule has 1 aromatic carbocycles. The molecule has 220 valence electrons. The second-order valence-electron chi connectivity index (χ2n) is 11.0. The van der Waals surface area contributed by atoms with E-state index in [2.05, 4.69) is 19.7 Å². The number of carbonyl (C=O) groups is 2. The first-order valence-corrected chi connectivity index (χ1v) is 13.4. The van der Waals surface area contributed by atoms with Crippen molar-refractivity contribution in [2.75, 3.05) is 6.61 Å². The number of allylic oxidation sites excluding steroid dienone is 1. The first kappa shape index (κ1) is 29.0. The fourth-order valence-corrected chi connectivity index (χ4v) is 6.26. The standard InChI is InChI=1S/C30H34O11/c1-13-4-7-17-14(2)29(37)41-27(17)24-15(3)21(11-18(13)24)38-30-28(26(36)25(35)22(12-31)39-30)40-23(34)9-6-16-5-8-19(32)20(33)10-16/h5-6,8-10,17-18,21-22,24-28,30-33,35-36H,1-4,7,11-12H2/b9-6+/t17-,18-,21-,22+,24-,25+,26-,27-,28+,30+/m0/s1. The molecule has 2 saturated carbocycles. The van der Waals surface area contributed by atoms with E-state index in [0.29, 0.717) is 36.0 Å². The number of phenols is 2. The van der Waals surface area contributed by atoms with Crippen LogP contribution >= 0.6 is 0 Å². The van der Waals surface area contributed by atoms with Gasteiger partial charge in [-0.15, -0.1) is 0 Å². The Hall–Kier alpha value is -3.48. The van der Waals surface area contributed by atoms with E-state index in [4.69, 9.17) is 18.9 Å². The average molecular weight is 571 g/mol. The Morgan fingerprint density at radius 2 is 1.85 bits per heavy atom. The molecule has 0 spiro atoms. The van der Waals surface area contributed by atoms with E-state index in [1.807, 2.05) is 0 Å². The SMILES string of the molecule is C=C1[C@@H]2[C@H]3OC(=O)C(=C)[C@@H]3CCC(=C)[C@@H]2C[C@@H]1O[C@@H]1O[C@H](CO)[C@@H](O)[C@H](O)[C@H]1OC(=O)/C=C/c1ccc(O)c(O)c1. The number of aliphatic hydroxyl groups excluding tert-OH is 3. The van der Waals surface area contributed by atoms with Crippen LogP contribution in [0.2, 0.25) is 0 Å². The van der Waals surface area contributed by atoms with Crippen molar-refractivity contribution in [1.82, 2.24) is 0 Å². The molecule has 0 amide bonds. The van der Waals surface area contributed by atoms with Crippen molar-refractivity contribution in [3.05, 3.63) is 66.3 Å². The number of hydrogen-bond donors (Lipinski definition) is 5. The summed E-state index contributed by atoms with van der Waals surface area (Å²) < 4.78 is 23.1. The summed E-state index contributed by atoms with van der Waals surface area (Å²) in [5, 5.41) is 50.1. The van der Waals surface area contributed by atoms with E-state index in [0.717, 1.165) is 11.6 Å². The quantitative estimate of drug-likeness (QED) is 0.145. The summed E-state index contributed by atoms with van der Waals surface area (Å²) in [6.45, 7) is 11.8. The summed E-state index contributed by atoms with van der Waals surface area (Å²) in [5.41, 5.74) is 2.43. The van der Waals surface area contributed by atoms with Gasteiger partial charge < -0.3 is 44.5 Å². The summed E-state index contributed by atoms with van der Waals surface area (Å²) in [6, 6.07) is 3.95. The molecule has 2 aliphatic heterocycles. The second kappa shape index (κ2) is 11.4. The third kappa shape index (κ3) is 5.43. The monoisotopic (exact) mass is 570 g/mol. The maximum Gasteiger partial charge on any atom is 0.334 e. The number of fused-ring (bicyclic) bond motifs is 3. The molecule has 0 bridgehead atoms. The van der Waals surface area contributed by atoms with E-state index < -0.39 is 61.5 Å². The van der Waals surface area contributed by atoms with E-state index in [9.17, 15) is 35.1 Å². The van der Waals surface area contributed by atoms with Crippen LogP contribution in [-0.2, 0) is 28.5 Å². The lowest BCUT2D eigenvalue weighted by Crippen LogP contribution is -2.60. The number of benzene rings is 1. The Morgan fingerprint density at radius 1 is 1.10 bits per heavy atom. The van der Waals surface area contributed by atoms with Crippen LogP contribution in [0.5, 0.6) is 11.5 Å². The molecular formula is C30H34O11. The molecule has 2 aliphatic carbocycles. The molecule has 4 aliphatic rings. The predicted molar refractivity (Wildman–Crippen MR) is 143 cm³/mol. The number of carbonyl (C=O) groups excluding carboxylic acids is 2. The van der Waals surface area contributed by atoms with Gasteiger partial charge in [0, 0.05) is 23.5 Å². The fraction of sp³-hybridized carbons (Fsp3) is 0.467. The zero-order chi connectivity index (χ0) is 29.6. The van der Waals surface area contributed by atoms with E-state index in [1.165, 1.54) is 24.3 Å². The van der Waals surface area contributed by atoms with Crippen molar-refractivity contribution in [2.24, 2.45) is 17.8 Å². The lowest BCUT2D eigenvalue weighted by atomic mass is 9.82. The van der Waals surface area contributed by atoms with Crippen molar-refractivity contribution in [3.8, 4) is 11.5 Å². The van der Waals surface area contributed by atoms with Gasteiger partial charge >= 0.3 is 11.9 Å². The maximum absolute atomic E-state index is 12.7. The van der Waals surface area contributed by atoms with Gasteiger partial charge in [-0.3, -0.25) is 0 Å². The van der Waals surface area contributed by atoms with Crippen molar-refractivity contribution in [2.45, 2.75) is 62.2 Å². The highest BCUT2D eigenvalue weighted by molar-refractivity contribution is 5.91. The molecule has 2 saturated heterocycles. The Morgan fingerprint density at radius 3 is 2.56 bits per heavy atom. The van der Waals surface area contributed by atoms with Crippen LogP contribution in [0.1, 0.15) is 24.8 Å². The predicted octanol–water partition coefficient (Wildman–Crippen LogP) is 1.49. The average Bonchev–Trinajstić information content (AvgIpc) is 3.36. The number of rotatable bonds is 6. The third-order valence-electron chi connectivity index (χ3n) is 8.53. The largest absolute Gasteiger partial charge is 0.504 e. The minimum Gasteiger partial charge on any atom is -0.504 e. The molecule has 0 aromatic heterocycles. The lowest BCUT2D eigenvalue weighted by molar-refractivity contribution is -0.310. The summed E-state index contributed by atoms with van der Waals surface area (Å²) >= 11 is 0. The van der Waals surface area contributed by atoms with Gasteiger partial charge in [-0.2, -0.15) is 0 Å². The molecule has 10 atom stereocenters. The van der Waals surface area contributed by atoms with Gasteiger partial charge in [0.25, 0.3) is 0 Å². The van der Waals surface area contributed by atoms with Crippen molar-refractivity contribution in [1.29, 1.82) is 0 Å². The summed E-state index contributed by atoms with van der Waals surface area (Å²) in [4.78, 5) is 25.0. The van der Waals surface area contributed by atoms with E-state index >= 15 is 0 Å². The minimum absolute atomic E-state index is 0.0976. The molecule has 41 heavy (non-hydrogen) atoms. The molecule has 11 heteroatoms. The fourth-order valence-electron chi connectivity index (χ4n) is 6.26. The number of aliphatic hydroxyl groups is 3. The summed E-state index contributed by atoms with van der Waals surface area (Å²) in [5.74, 6) is -2.56. The van der Waals surface area contributed by atoms with Crippen LogP contribution in [0.3, 0.4) is 0 Å². The van der Waals surface area contributed by atoms with E-state index in [-0.39, 0.29) is 29.3 Å². The molecule has 0 unspecified atom stereocenters. The maximum atomic E-state index is 12.7. The number of esters is 2. The Kier molecular flexibility index (Phi) is 8.09. The number of aromatic hydroxyl groups is 2. The minimum atomic E-state index is -1.65. The number of phenolic OH excluding ortho intramolecular Hbond substituents is 2. The summed E-state index contributed by atoms with van der Waals surface area (Å²) in [7, 11) is 0. The number of hydrogen-bond acceptors (Lipinski definition) is 11. The van der Waals surface area contributed by atoms with Gasteiger partial charge in [0.05, 0.1) is 12.7 Å². The molecule has 11 nitrogen and oxygen atoms in total. The van der Waals surface area contributed by atoms with E-state index in [1.54, 1.807) is 0 Å². The molecule has 5 N–H and O–H groups in total. The Balaban J connectivity index is 1.34. The highest BCUT2D eigenvalue weighted by Crippen LogP contribution is 2.53. The van der Waals surface area contributed by atoms with Crippen molar-refractivity contribution >= 4 is 18.0 Å². The van der Waals surface area contributed by atoms with Gasteiger partial charge in [0.15, 0.2) is 23.9 Å². The summed E-state index contributed by atoms with van der Waals surface area (Å²) in [6.07, 6.45) is -4.22. The van der Waals surface area contributed by atoms with Crippen LogP contribution in [-0.4, -0.2) is 87.0 Å². The molecule has 0 radical (unpaired) electrons. The first-order chi connectivity index (χ1) is 19.5.